The van der Waals surface area contributed by atoms with Gasteiger partial charge in [0.15, 0.2) is 13.2 Å². The molecule has 8 amide bonds. The molecule has 4 heterocycles. The molecule has 0 bridgehead atoms. The van der Waals surface area contributed by atoms with E-state index in [9.17, 15) is 28.8 Å². The number of unbranched alkanes of at least 4 members (excludes halogenated alkanes) is 4. The number of carbonyl (C=O) groups is 6. The largest absolute Gasteiger partial charge is 0.482 e. The van der Waals surface area contributed by atoms with E-state index in [0.29, 0.717) is 60.4 Å². The van der Waals surface area contributed by atoms with Gasteiger partial charge in [0.2, 0.25) is 0 Å². The summed E-state index contributed by atoms with van der Waals surface area (Å²) in [7, 11) is 0. The molecule has 2 fully saturated rings. The van der Waals surface area contributed by atoms with E-state index in [0.717, 1.165) is 143 Å². The molecule has 454 valence electrons. The summed E-state index contributed by atoms with van der Waals surface area (Å²) in [5.74, 6) is 1.82. The molecule has 6 N–H and O–H groups in total. The van der Waals surface area contributed by atoms with Crippen molar-refractivity contribution in [3.63, 3.8) is 0 Å². The number of anilines is 3. The van der Waals surface area contributed by atoms with Crippen LogP contribution in [0.1, 0.15) is 122 Å². The first-order valence-electron chi connectivity index (χ1n) is 30.1. The molecule has 5 aromatic rings. The maximum absolute atomic E-state index is 13.2. The van der Waals surface area contributed by atoms with Gasteiger partial charge in [0.25, 0.3) is 23.6 Å². The second-order valence-electron chi connectivity index (χ2n) is 22.2. The molecular formula is C65H82Cl2N10O8. The zero-order chi connectivity index (χ0) is 59.9. The average Bonchev–Trinajstić information content (AvgIpc) is 3.67. The van der Waals surface area contributed by atoms with Gasteiger partial charge in [0, 0.05) is 85.3 Å². The number of hydrogen-bond acceptors (Lipinski definition) is 10. The Hall–Kier alpha value is -7.38. The average molecular weight is 1200 g/mol. The SMILES string of the molecule is CC(C)NC(=O)NCCCCCNC(=O)c1cc(Cl)ccc1C1CCN(CCN2C(=O)COc3ccccc32)CC1.O=C(NCCCCCNC(=O)c1cc(Cl)ccc1C1CCN(CCN2C(=O)COc3ccccc32)CC1)Nc1ccccc1. The summed E-state index contributed by atoms with van der Waals surface area (Å²) in [5, 5.41) is 18.5. The van der Waals surface area contributed by atoms with Crippen LogP contribution in [0, 0.1) is 0 Å². The fraction of sp³-hybridized carbons (Fsp3) is 0.446. The van der Waals surface area contributed by atoms with Crippen LogP contribution in [0.25, 0.3) is 0 Å². The lowest BCUT2D eigenvalue weighted by Crippen LogP contribution is -2.45. The number of ether oxygens (including phenoxy) is 2. The molecule has 18 nitrogen and oxygen atoms in total. The molecule has 0 unspecified atom stereocenters. The first-order valence-corrected chi connectivity index (χ1v) is 30.8. The van der Waals surface area contributed by atoms with Gasteiger partial charge in [-0.3, -0.25) is 19.2 Å². The van der Waals surface area contributed by atoms with Crippen LogP contribution in [0.4, 0.5) is 26.7 Å². The number of urea groups is 2. The van der Waals surface area contributed by atoms with E-state index in [4.69, 9.17) is 32.7 Å². The molecule has 0 saturated carbocycles. The predicted octanol–water partition coefficient (Wildman–Crippen LogP) is 10.2. The number of fused-ring (bicyclic) bond motifs is 2. The molecule has 5 aromatic carbocycles. The van der Waals surface area contributed by atoms with Crippen molar-refractivity contribution >= 4 is 76.0 Å². The molecule has 0 spiro atoms. The van der Waals surface area contributed by atoms with Crippen LogP contribution < -0.4 is 51.2 Å². The zero-order valence-corrected chi connectivity index (χ0v) is 50.5. The van der Waals surface area contributed by atoms with E-state index in [2.05, 4.69) is 41.7 Å². The van der Waals surface area contributed by atoms with E-state index in [1.54, 1.807) is 12.1 Å². The van der Waals surface area contributed by atoms with Crippen molar-refractivity contribution < 1.29 is 38.2 Å². The predicted molar refractivity (Wildman–Crippen MR) is 336 cm³/mol. The van der Waals surface area contributed by atoms with E-state index < -0.39 is 0 Å². The molecule has 0 radical (unpaired) electrons. The molecule has 9 rings (SSSR count). The number of hydrogen-bond donors (Lipinski definition) is 6. The van der Waals surface area contributed by atoms with E-state index in [-0.39, 0.29) is 66.8 Å². The summed E-state index contributed by atoms with van der Waals surface area (Å²) in [5.41, 5.74) is 5.80. The van der Waals surface area contributed by atoms with E-state index in [1.165, 1.54) is 0 Å². The highest BCUT2D eigenvalue weighted by Crippen LogP contribution is 2.36. The number of amides is 8. The number of carbonyl (C=O) groups excluding carboxylic acids is 6. The van der Waals surface area contributed by atoms with Crippen LogP contribution in [0.5, 0.6) is 11.5 Å². The van der Waals surface area contributed by atoms with Crippen LogP contribution in [0.3, 0.4) is 0 Å². The van der Waals surface area contributed by atoms with Gasteiger partial charge in [-0.05, 0) is 188 Å². The third-order valence-electron chi connectivity index (χ3n) is 15.8. The van der Waals surface area contributed by atoms with Crippen LogP contribution in [0.2, 0.25) is 10.0 Å². The summed E-state index contributed by atoms with van der Waals surface area (Å²) in [4.78, 5) is 83.4. The first-order chi connectivity index (χ1) is 41.3. The number of likely N-dealkylation sites (tertiary alicyclic amines) is 2. The summed E-state index contributed by atoms with van der Waals surface area (Å²) in [6.07, 6.45) is 8.86. The van der Waals surface area contributed by atoms with Crippen LogP contribution >= 0.6 is 23.2 Å². The zero-order valence-electron chi connectivity index (χ0n) is 49.0. The minimum atomic E-state index is -0.221. The highest BCUT2D eigenvalue weighted by atomic mass is 35.5. The number of nitrogens with zero attached hydrogens (tertiary/aromatic N) is 4. The molecule has 0 atom stereocenters. The summed E-state index contributed by atoms with van der Waals surface area (Å²) in [6, 6.07) is 35.7. The van der Waals surface area contributed by atoms with Crippen molar-refractivity contribution in [1.82, 2.24) is 36.4 Å². The lowest BCUT2D eigenvalue weighted by molar-refractivity contribution is -0.122. The monoisotopic (exact) mass is 1200 g/mol. The number of rotatable bonds is 24. The quantitative estimate of drug-likeness (QED) is 0.0323. The van der Waals surface area contributed by atoms with Gasteiger partial charge in [0.1, 0.15) is 11.5 Å². The fourth-order valence-electron chi connectivity index (χ4n) is 11.2. The minimum Gasteiger partial charge on any atom is -0.482 e. The molecule has 0 aliphatic carbocycles. The molecule has 4 aliphatic rings. The smallest absolute Gasteiger partial charge is 0.319 e. The maximum atomic E-state index is 13.2. The second kappa shape index (κ2) is 32.8. The first kappa shape index (κ1) is 63.6. The van der Waals surface area contributed by atoms with Crippen molar-refractivity contribution in [2.24, 2.45) is 0 Å². The number of para-hydroxylation sites is 5. The number of piperidine rings is 2. The maximum Gasteiger partial charge on any atom is 0.319 e. The van der Waals surface area contributed by atoms with Gasteiger partial charge in [-0.2, -0.15) is 0 Å². The molecular weight excluding hydrogens is 1120 g/mol. The molecule has 20 heteroatoms. The number of benzene rings is 5. The van der Waals surface area contributed by atoms with Crippen LogP contribution in [0.15, 0.2) is 115 Å². The van der Waals surface area contributed by atoms with Crippen LogP contribution in [-0.4, -0.2) is 143 Å². The van der Waals surface area contributed by atoms with Gasteiger partial charge in [0.05, 0.1) is 11.4 Å². The highest BCUT2D eigenvalue weighted by molar-refractivity contribution is 6.31. The van der Waals surface area contributed by atoms with Gasteiger partial charge < -0.3 is 61.0 Å². The van der Waals surface area contributed by atoms with Gasteiger partial charge in [-0.1, -0.05) is 77.8 Å². The Morgan fingerprint density at radius 1 is 0.506 bits per heavy atom. The third-order valence-corrected chi connectivity index (χ3v) is 16.2. The Bertz CT molecular complexity index is 3030. The van der Waals surface area contributed by atoms with Crippen molar-refractivity contribution in [3.05, 3.63) is 148 Å². The fourth-order valence-corrected chi connectivity index (χ4v) is 11.6. The summed E-state index contributed by atoms with van der Waals surface area (Å²) < 4.78 is 11.1. The Labute approximate surface area is 510 Å². The van der Waals surface area contributed by atoms with E-state index in [1.807, 2.05) is 127 Å². The minimum absolute atomic E-state index is 0.0129. The van der Waals surface area contributed by atoms with Crippen molar-refractivity contribution in [3.8, 4) is 11.5 Å². The lowest BCUT2D eigenvalue weighted by Gasteiger charge is -2.35. The molecule has 0 aromatic heterocycles. The van der Waals surface area contributed by atoms with Crippen molar-refractivity contribution in [1.29, 1.82) is 0 Å². The normalized spacial score (nSPS) is 15.5. The van der Waals surface area contributed by atoms with Gasteiger partial charge >= 0.3 is 12.1 Å². The summed E-state index contributed by atoms with van der Waals surface area (Å²) >= 11 is 12.6. The standard InChI is InChI=1S/C34H40ClN5O4.C31H42ClN5O4/c35-26-13-14-28(25-15-19-39(20-16-25)21-22-40-30-11-5-6-12-31(30)44-24-32(40)41)29(23-26)33(42)36-17-7-2-8-18-37-34(43)38-27-9-3-1-4-10-27;1-22(2)35-31(40)34-15-7-3-6-14-33-30(39)26-20-24(32)10-11-25(26)23-12-16-36(17-13-23)18-19-37-27-8-4-5-9-28(27)41-21-29(37)38/h1,3-6,9-14,23,25H,2,7-8,15-22,24H2,(H,36,42)(H2,37,38,43);4-5,8-11,20,22-23H,3,6-7,12-19,21H2,1-2H3,(H,33,39)(H2,34,35,40). The summed E-state index contributed by atoms with van der Waals surface area (Å²) in [6.45, 7) is 12.7. The van der Waals surface area contributed by atoms with Crippen molar-refractivity contribution in [2.75, 3.05) is 107 Å². The Kier molecular flexibility index (Phi) is 24.5. The van der Waals surface area contributed by atoms with E-state index >= 15 is 0 Å². The lowest BCUT2D eigenvalue weighted by atomic mass is 9.86. The number of halogens is 2. The Balaban J connectivity index is 0.000000222. The molecule has 4 aliphatic heterocycles. The van der Waals surface area contributed by atoms with Gasteiger partial charge in [-0.25, -0.2) is 9.59 Å². The van der Waals surface area contributed by atoms with Gasteiger partial charge in [-0.15, -0.1) is 0 Å². The highest BCUT2D eigenvalue weighted by Gasteiger charge is 2.31. The third kappa shape index (κ3) is 19.3. The molecule has 2 saturated heterocycles. The number of nitrogens with one attached hydrogen (secondary N) is 6. The second-order valence-corrected chi connectivity index (χ2v) is 23.1. The Morgan fingerprint density at radius 2 is 0.918 bits per heavy atom. The molecule has 85 heavy (non-hydrogen) atoms. The van der Waals surface area contributed by atoms with Crippen LogP contribution in [-0.2, 0) is 9.59 Å². The van der Waals surface area contributed by atoms with Crippen molar-refractivity contribution in [2.45, 2.75) is 95.9 Å². The topological polar surface area (TPSA) is 206 Å². The Morgan fingerprint density at radius 3 is 1.36 bits per heavy atom.